The van der Waals surface area contributed by atoms with Gasteiger partial charge in [0.15, 0.2) is 0 Å². The largest absolute Gasteiger partial charge is 2.00 e. The van der Waals surface area contributed by atoms with Crippen LogP contribution in [0.25, 0.3) is 0 Å². The number of halogens is 2. The fourth-order valence-corrected chi connectivity index (χ4v) is 1.35. The maximum Gasteiger partial charge on any atom is 2.00 e. The fourth-order valence-electron chi connectivity index (χ4n) is 1.35. The molecule has 0 aromatic carbocycles. The Balaban J connectivity index is -0.0000000480. The molecular weight excluding hydrogens is 358 g/mol. The Bertz CT molecular complexity index is 62.6. The first kappa shape index (κ1) is 31.0. The molecule has 0 atom stereocenters. The Labute approximate surface area is 140 Å². The zero-order valence-electron chi connectivity index (χ0n) is 12.3. The molecule has 2 radical (unpaired) electrons. The van der Waals surface area contributed by atoms with Crippen LogP contribution in [0.1, 0.15) is 91.9 Å². The molecular formula is C14H32Cl2Sn. The van der Waals surface area contributed by atoms with E-state index >= 15 is 0 Å². The van der Waals surface area contributed by atoms with Gasteiger partial charge in [-0.15, -0.1) is 0 Å². The number of rotatable bonds is 8. The fraction of sp³-hybridized carbons (Fsp3) is 1.00. The summed E-state index contributed by atoms with van der Waals surface area (Å²) in [5.74, 6) is 0. The minimum Gasteiger partial charge on any atom is -1.00 e. The second-order valence-electron chi connectivity index (χ2n) is 4.12. The molecule has 0 nitrogen and oxygen atoms in total. The molecule has 0 heterocycles. The quantitative estimate of drug-likeness (QED) is 0.391. The van der Waals surface area contributed by atoms with E-state index in [2.05, 4.69) is 27.7 Å². The Morgan fingerprint density at radius 1 is 0.412 bits per heavy atom. The first-order valence-corrected chi connectivity index (χ1v) is 6.83. The van der Waals surface area contributed by atoms with Crippen molar-refractivity contribution in [1.82, 2.24) is 0 Å². The Morgan fingerprint density at radius 3 is 0.706 bits per heavy atom. The Kier molecular flexibility index (Phi) is 65.7. The third kappa shape index (κ3) is 46.7. The molecule has 0 saturated heterocycles. The van der Waals surface area contributed by atoms with Gasteiger partial charge in [0.2, 0.25) is 0 Å². The van der Waals surface area contributed by atoms with Crippen LogP contribution >= 0.6 is 0 Å². The molecule has 0 unspecified atom stereocenters. The molecule has 106 valence electrons. The van der Waals surface area contributed by atoms with Gasteiger partial charge in [-0.05, 0) is 0 Å². The van der Waals surface area contributed by atoms with Gasteiger partial charge in [0.05, 0.1) is 0 Å². The average molecular weight is 390 g/mol. The van der Waals surface area contributed by atoms with Gasteiger partial charge in [-0.1, -0.05) is 91.9 Å². The molecule has 0 saturated carbocycles. The predicted octanol–water partition coefficient (Wildman–Crippen LogP) is -0.419. The normalized spacial score (nSPS) is 7.76. The zero-order chi connectivity index (χ0) is 11.1. The van der Waals surface area contributed by atoms with E-state index in [1.807, 2.05) is 0 Å². The molecule has 0 spiro atoms. The first-order chi connectivity index (χ1) is 6.83. The maximum absolute atomic E-state index is 2.25. The Hall–Kier alpha value is 1.38. The van der Waals surface area contributed by atoms with E-state index in [0.29, 0.717) is 0 Å². The topological polar surface area (TPSA) is 0 Å². The summed E-state index contributed by atoms with van der Waals surface area (Å²) in [5, 5.41) is 0. The van der Waals surface area contributed by atoms with E-state index in [1.54, 1.807) is 0 Å². The summed E-state index contributed by atoms with van der Waals surface area (Å²) in [6.45, 7) is 8.98. The number of unbranched alkanes of at least 4 members (excludes halogenated alkanes) is 8. The summed E-state index contributed by atoms with van der Waals surface area (Å²) in [6, 6.07) is 0. The van der Waals surface area contributed by atoms with Crippen LogP contribution in [-0.2, 0) is 0 Å². The second kappa shape index (κ2) is 36.0. The van der Waals surface area contributed by atoms with Crippen LogP contribution < -0.4 is 24.8 Å². The van der Waals surface area contributed by atoms with Crippen molar-refractivity contribution in [2.24, 2.45) is 0 Å². The van der Waals surface area contributed by atoms with Crippen molar-refractivity contribution in [2.45, 2.75) is 91.9 Å². The van der Waals surface area contributed by atoms with Crippen LogP contribution in [0.3, 0.4) is 0 Å². The van der Waals surface area contributed by atoms with Crippen molar-refractivity contribution in [1.29, 1.82) is 0 Å². The molecule has 0 aliphatic heterocycles. The molecule has 0 N–H and O–H groups in total. The minimum atomic E-state index is 0. The smallest absolute Gasteiger partial charge is 1.00 e. The predicted molar refractivity (Wildman–Crippen MR) is 74.6 cm³/mol. The molecule has 0 amide bonds. The van der Waals surface area contributed by atoms with Gasteiger partial charge in [-0.25, -0.2) is 0 Å². The van der Waals surface area contributed by atoms with Gasteiger partial charge in [-0.3, -0.25) is 0 Å². The van der Waals surface area contributed by atoms with E-state index in [9.17, 15) is 0 Å². The van der Waals surface area contributed by atoms with Crippen molar-refractivity contribution in [2.75, 3.05) is 0 Å². The van der Waals surface area contributed by atoms with Crippen molar-refractivity contribution >= 4 is 23.9 Å². The number of hydrogen-bond donors (Lipinski definition) is 0. The van der Waals surface area contributed by atoms with Crippen molar-refractivity contribution in [3.8, 4) is 0 Å². The minimum absolute atomic E-state index is 0. The first-order valence-electron chi connectivity index (χ1n) is 6.83. The van der Waals surface area contributed by atoms with Crippen LogP contribution in [0.5, 0.6) is 0 Å². The van der Waals surface area contributed by atoms with E-state index < -0.39 is 0 Å². The summed E-state index contributed by atoms with van der Waals surface area (Å²) in [4.78, 5) is 0. The summed E-state index contributed by atoms with van der Waals surface area (Å²) >= 11 is 0. The molecule has 0 aliphatic carbocycles. The van der Waals surface area contributed by atoms with Crippen molar-refractivity contribution < 1.29 is 24.8 Å². The van der Waals surface area contributed by atoms with E-state index in [1.165, 1.54) is 64.2 Å². The molecule has 0 aromatic heterocycles. The van der Waals surface area contributed by atoms with E-state index in [0.717, 1.165) is 0 Å². The molecule has 3 heteroatoms. The van der Waals surface area contributed by atoms with Crippen LogP contribution in [0.15, 0.2) is 0 Å². The second-order valence-corrected chi connectivity index (χ2v) is 4.12. The van der Waals surface area contributed by atoms with Crippen LogP contribution in [0.4, 0.5) is 0 Å². The van der Waals surface area contributed by atoms with Crippen molar-refractivity contribution in [3.63, 3.8) is 0 Å². The van der Waals surface area contributed by atoms with Gasteiger partial charge in [0.1, 0.15) is 0 Å². The Morgan fingerprint density at radius 2 is 0.588 bits per heavy atom. The summed E-state index contributed by atoms with van der Waals surface area (Å²) in [6.07, 6.45) is 14.0. The molecule has 0 aliphatic rings. The summed E-state index contributed by atoms with van der Waals surface area (Å²) in [7, 11) is 0. The maximum atomic E-state index is 2.25. The molecule has 0 bridgehead atoms. The molecule has 0 fully saturated rings. The van der Waals surface area contributed by atoms with Gasteiger partial charge < -0.3 is 24.8 Å². The zero-order valence-corrected chi connectivity index (χ0v) is 16.7. The van der Waals surface area contributed by atoms with Gasteiger partial charge in [0, 0.05) is 0 Å². The molecule has 0 aromatic rings. The van der Waals surface area contributed by atoms with Crippen molar-refractivity contribution in [3.05, 3.63) is 0 Å². The average Bonchev–Trinajstić information content (AvgIpc) is 2.21. The molecule has 17 heavy (non-hydrogen) atoms. The van der Waals surface area contributed by atoms with E-state index in [-0.39, 0.29) is 48.7 Å². The standard InChI is InChI=1S/2C7H16.2ClH.Sn/c2*1-3-5-7-6-4-2;;;/h2*3-7H2,1-2H3;2*1H;/q;;;;+2/p-2. The third-order valence-electron chi connectivity index (χ3n) is 2.41. The van der Waals surface area contributed by atoms with Crippen LogP contribution in [-0.4, -0.2) is 23.9 Å². The van der Waals surface area contributed by atoms with E-state index in [4.69, 9.17) is 0 Å². The third-order valence-corrected chi connectivity index (χ3v) is 2.41. The monoisotopic (exact) mass is 390 g/mol. The summed E-state index contributed by atoms with van der Waals surface area (Å²) in [5.41, 5.74) is 0. The van der Waals surface area contributed by atoms with Crippen LogP contribution in [0, 0.1) is 0 Å². The van der Waals surface area contributed by atoms with Crippen LogP contribution in [0.2, 0.25) is 0 Å². The van der Waals surface area contributed by atoms with Gasteiger partial charge in [0.25, 0.3) is 0 Å². The summed E-state index contributed by atoms with van der Waals surface area (Å²) < 4.78 is 0. The SMILES string of the molecule is CCCCCCC.CCCCCCC.[Cl-].[Cl-].[Sn+2]. The van der Waals surface area contributed by atoms with Gasteiger partial charge in [-0.2, -0.15) is 0 Å². The van der Waals surface area contributed by atoms with Gasteiger partial charge >= 0.3 is 23.9 Å². The molecule has 0 rings (SSSR count). The number of hydrogen-bond acceptors (Lipinski definition) is 0.